The zero-order valence-electron chi connectivity index (χ0n) is 21.5. The number of fused-ring (bicyclic) bond motifs is 1. The highest BCUT2D eigenvalue weighted by molar-refractivity contribution is 5.72. The Labute approximate surface area is 221 Å². The van der Waals surface area contributed by atoms with E-state index in [1.54, 1.807) is 19.1 Å². The minimum absolute atomic E-state index is 0.0254. The first-order valence-corrected chi connectivity index (χ1v) is 12.9. The van der Waals surface area contributed by atoms with Crippen molar-refractivity contribution < 1.29 is 28.5 Å². The smallest absolute Gasteiger partial charge is 0.304 e. The van der Waals surface area contributed by atoms with E-state index < -0.39 is 12.1 Å². The maximum Gasteiger partial charge on any atom is 0.304 e. The molecular weight excluding hydrogens is 485 g/mol. The number of ether oxygens (including phenoxy) is 3. The van der Waals surface area contributed by atoms with Gasteiger partial charge in [-0.1, -0.05) is 24.1 Å². The van der Waals surface area contributed by atoms with Crippen LogP contribution in [0.15, 0.2) is 48.5 Å². The van der Waals surface area contributed by atoms with Crippen LogP contribution in [-0.2, 0) is 16.0 Å². The summed E-state index contributed by atoms with van der Waals surface area (Å²) in [4.78, 5) is 15.9. The first-order valence-electron chi connectivity index (χ1n) is 12.9. The van der Waals surface area contributed by atoms with Crippen LogP contribution in [0.4, 0.5) is 4.39 Å². The fourth-order valence-corrected chi connectivity index (χ4v) is 5.25. The fraction of sp³-hybridized carbons (Fsp3) is 0.355. The van der Waals surface area contributed by atoms with Crippen LogP contribution in [0, 0.1) is 24.6 Å². The number of benzene rings is 2. The largest absolute Gasteiger partial charge is 0.486 e. The molecule has 6 nitrogen and oxygen atoms in total. The molecule has 1 N–H and O–H groups in total. The molecule has 1 aliphatic heterocycles. The summed E-state index contributed by atoms with van der Waals surface area (Å²) in [7, 11) is 0. The van der Waals surface area contributed by atoms with Crippen molar-refractivity contribution in [3.63, 3.8) is 0 Å². The predicted molar refractivity (Wildman–Crippen MR) is 141 cm³/mol. The number of aryl methyl sites for hydroxylation is 1. The van der Waals surface area contributed by atoms with E-state index in [-0.39, 0.29) is 24.3 Å². The van der Waals surface area contributed by atoms with Crippen molar-refractivity contribution in [3.8, 4) is 34.6 Å². The average Bonchev–Trinajstić information content (AvgIpc) is 3.56. The van der Waals surface area contributed by atoms with Crippen molar-refractivity contribution in [2.75, 3.05) is 13.2 Å². The maximum atomic E-state index is 15.1. The molecule has 2 unspecified atom stereocenters. The second kappa shape index (κ2) is 11.2. The minimum atomic E-state index is -0.900. The zero-order chi connectivity index (χ0) is 26.6. The second-order valence-electron chi connectivity index (χ2n) is 9.63. The molecule has 5 rings (SSSR count). The van der Waals surface area contributed by atoms with Gasteiger partial charge in [-0.25, -0.2) is 9.37 Å². The molecule has 3 aromatic rings. The lowest BCUT2D eigenvalue weighted by molar-refractivity contribution is -0.137. The van der Waals surface area contributed by atoms with Gasteiger partial charge in [-0.05, 0) is 67.6 Å². The molecule has 0 bridgehead atoms. The Morgan fingerprint density at radius 2 is 1.92 bits per heavy atom. The minimum Gasteiger partial charge on any atom is -0.486 e. The number of hydrogen-bond acceptors (Lipinski definition) is 5. The molecular formula is C31H30FNO5. The summed E-state index contributed by atoms with van der Waals surface area (Å²) < 4.78 is 32.7. The standard InChI is InChI=1S/C31H30FNO5/c1-3-4-21(17-30(34)35)20-5-7-22(8-6-20)37-28-13-10-26-25(9-12-27(32)31(26)28)24-11-14-29(33-19(24)2)38-23-15-16-36-18-23/h5-9,11-12,14,21,23,28H,10,13,15-18H2,1-2H3,(H,34,35)/t21?,23?,28-/m1/s1. The van der Waals surface area contributed by atoms with Crippen LogP contribution in [0.1, 0.15) is 60.6 Å². The third-order valence-corrected chi connectivity index (χ3v) is 7.07. The quantitative estimate of drug-likeness (QED) is 0.370. The normalized spacial score (nSPS) is 18.8. The lowest BCUT2D eigenvalue weighted by atomic mass is 9.95. The Bertz CT molecular complexity index is 1390. The topological polar surface area (TPSA) is 77.9 Å². The Kier molecular flexibility index (Phi) is 7.62. The number of halogens is 1. The Morgan fingerprint density at radius 3 is 2.61 bits per heavy atom. The molecule has 1 aromatic heterocycles. The van der Waals surface area contributed by atoms with Gasteiger partial charge < -0.3 is 19.3 Å². The number of hydrogen-bond donors (Lipinski definition) is 1. The summed E-state index contributed by atoms with van der Waals surface area (Å²) in [6.07, 6.45) is 1.74. The summed E-state index contributed by atoms with van der Waals surface area (Å²) in [5, 5.41) is 9.19. The highest BCUT2D eigenvalue weighted by atomic mass is 19.1. The molecule has 7 heteroatoms. The third-order valence-electron chi connectivity index (χ3n) is 7.07. The first kappa shape index (κ1) is 25.7. The first-order chi connectivity index (χ1) is 18.4. The number of carboxylic acids is 1. The van der Waals surface area contributed by atoms with Crippen molar-refractivity contribution in [2.24, 2.45) is 0 Å². The van der Waals surface area contributed by atoms with Crippen molar-refractivity contribution in [2.45, 2.75) is 57.7 Å². The summed E-state index contributed by atoms with van der Waals surface area (Å²) >= 11 is 0. The Hall–Kier alpha value is -3.89. The lowest BCUT2D eigenvalue weighted by Gasteiger charge is -2.18. The number of carboxylic acid groups (broad SMARTS) is 1. The molecule has 2 heterocycles. The predicted octanol–water partition coefficient (Wildman–Crippen LogP) is 6.01. The van der Waals surface area contributed by atoms with Gasteiger partial charge in [-0.15, -0.1) is 5.92 Å². The number of rotatable bonds is 8. The number of aliphatic carboxylic acids is 1. The molecule has 0 radical (unpaired) electrons. The molecule has 2 aliphatic rings. The summed E-state index contributed by atoms with van der Waals surface area (Å²) in [5.74, 6) is 5.35. The van der Waals surface area contributed by atoms with Gasteiger partial charge in [0, 0.05) is 29.3 Å². The van der Waals surface area contributed by atoms with Gasteiger partial charge >= 0.3 is 5.97 Å². The molecule has 1 aliphatic carbocycles. The van der Waals surface area contributed by atoms with Gasteiger partial charge in [0.2, 0.25) is 5.88 Å². The van der Waals surface area contributed by atoms with Gasteiger partial charge in [-0.3, -0.25) is 4.79 Å². The van der Waals surface area contributed by atoms with Crippen LogP contribution in [0.5, 0.6) is 11.6 Å². The van der Waals surface area contributed by atoms with Gasteiger partial charge in [0.25, 0.3) is 0 Å². The zero-order valence-corrected chi connectivity index (χ0v) is 21.5. The van der Waals surface area contributed by atoms with E-state index in [0.717, 1.165) is 34.4 Å². The lowest BCUT2D eigenvalue weighted by Crippen LogP contribution is -2.16. The Morgan fingerprint density at radius 1 is 1.13 bits per heavy atom. The molecule has 0 spiro atoms. The molecule has 3 atom stereocenters. The van der Waals surface area contributed by atoms with Crippen LogP contribution in [0.2, 0.25) is 0 Å². The highest BCUT2D eigenvalue weighted by Crippen LogP contribution is 2.42. The molecule has 2 aromatic carbocycles. The van der Waals surface area contributed by atoms with E-state index in [1.807, 2.05) is 37.3 Å². The monoisotopic (exact) mass is 515 g/mol. The van der Waals surface area contributed by atoms with Crippen LogP contribution in [-0.4, -0.2) is 35.4 Å². The van der Waals surface area contributed by atoms with E-state index in [1.165, 1.54) is 6.07 Å². The third kappa shape index (κ3) is 5.51. The van der Waals surface area contributed by atoms with Crippen molar-refractivity contribution >= 4 is 5.97 Å². The molecule has 1 saturated heterocycles. The number of aromatic nitrogens is 1. The highest BCUT2D eigenvalue weighted by Gasteiger charge is 2.31. The van der Waals surface area contributed by atoms with Crippen LogP contribution >= 0.6 is 0 Å². The molecule has 0 saturated carbocycles. The van der Waals surface area contributed by atoms with Crippen LogP contribution in [0.3, 0.4) is 0 Å². The van der Waals surface area contributed by atoms with Crippen molar-refractivity contribution in [1.82, 2.24) is 4.98 Å². The Balaban J connectivity index is 1.36. The summed E-state index contributed by atoms with van der Waals surface area (Å²) in [5.41, 5.74) is 5.05. The number of carbonyl (C=O) groups is 1. The van der Waals surface area contributed by atoms with E-state index in [2.05, 4.69) is 16.8 Å². The molecule has 0 amide bonds. The number of pyridine rings is 1. The van der Waals surface area contributed by atoms with E-state index in [9.17, 15) is 9.90 Å². The van der Waals surface area contributed by atoms with E-state index in [4.69, 9.17) is 14.2 Å². The number of nitrogens with zero attached hydrogens (tertiary/aromatic N) is 1. The van der Waals surface area contributed by atoms with Gasteiger partial charge in [0.05, 0.1) is 25.6 Å². The average molecular weight is 516 g/mol. The molecule has 196 valence electrons. The van der Waals surface area contributed by atoms with Gasteiger partial charge in [0.15, 0.2) is 0 Å². The maximum absolute atomic E-state index is 15.1. The van der Waals surface area contributed by atoms with E-state index >= 15 is 4.39 Å². The van der Waals surface area contributed by atoms with Crippen LogP contribution < -0.4 is 9.47 Å². The molecule has 1 fully saturated rings. The summed E-state index contributed by atoms with van der Waals surface area (Å²) in [6, 6.07) is 14.4. The second-order valence-corrected chi connectivity index (χ2v) is 9.63. The fourth-order valence-electron chi connectivity index (χ4n) is 5.25. The summed E-state index contributed by atoms with van der Waals surface area (Å²) in [6.45, 7) is 4.91. The van der Waals surface area contributed by atoms with Crippen molar-refractivity contribution in [3.05, 3.63) is 76.7 Å². The SMILES string of the molecule is CC#CC(CC(=O)O)c1ccc(O[C@@H]2CCc3c(-c4ccc(OC5CCOC5)nc4C)ccc(F)c32)cc1. The van der Waals surface area contributed by atoms with E-state index in [0.29, 0.717) is 43.2 Å². The van der Waals surface area contributed by atoms with Crippen LogP contribution in [0.25, 0.3) is 11.1 Å². The van der Waals surface area contributed by atoms with Crippen molar-refractivity contribution in [1.29, 1.82) is 0 Å². The van der Waals surface area contributed by atoms with Gasteiger partial charge in [-0.2, -0.15) is 0 Å². The van der Waals surface area contributed by atoms with Gasteiger partial charge in [0.1, 0.15) is 23.8 Å². The molecule has 38 heavy (non-hydrogen) atoms.